The Morgan fingerprint density at radius 2 is 1.69 bits per heavy atom. The first-order chi connectivity index (χ1) is 17.2. The second-order valence-electron chi connectivity index (χ2n) is 8.24. The van der Waals surface area contributed by atoms with Crippen molar-refractivity contribution in [2.24, 2.45) is 0 Å². The van der Waals surface area contributed by atoms with Gasteiger partial charge in [0.15, 0.2) is 11.0 Å². The zero-order valence-electron chi connectivity index (χ0n) is 18.9. The number of aromatic nitrogens is 4. The van der Waals surface area contributed by atoms with Crippen molar-refractivity contribution in [1.29, 1.82) is 0 Å². The molecule has 35 heavy (non-hydrogen) atoms. The first kappa shape index (κ1) is 22.8. The van der Waals surface area contributed by atoms with Crippen molar-refractivity contribution < 1.29 is 9.59 Å². The fourth-order valence-corrected chi connectivity index (χ4v) is 4.35. The number of anilines is 1. The SMILES string of the molecule is O=C(CSc1nnc(-c2ccncc2)n1Cc1ccccc1)Nc1ccccc1C(=O)NC1CC1. The quantitative estimate of drug-likeness (QED) is 0.348. The van der Waals surface area contributed by atoms with E-state index in [4.69, 9.17) is 0 Å². The summed E-state index contributed by atoms with van der Waals surface area (Å²) in [6, 6.07) is 21.1. The van der Waals surface area contributed by atoms with E-state index in [0.717, 1.165) is 24.0 Å². The molecule has 9 heteroatoms. The van der Waals surface area contributed by atoms with Crippen molar-refractivity contribution in [3.8, 4) is 11.4 Å². The predicted molar refractivity (Wildman–Crippen MR) is 135 cm³/mol. The third kappa shape index (κ3) is 5.75. The number of nitrogens with one attached hydrogen (secondary N) is 2. The molecule has 176 valence electrons. The van der Waals surface area contributed by atoms with Gasteiger partial charge in [-0.2, -0.15) is 0 Å². The topological polar surface area (TPSA) is 102 Å². The number of benzene rings is 2. The maximum absolute atomic E-state index is 12.8. The van der Waals surface area contributed by atoms with E-state index in [2.05, 4.69) is 25.8 Å². The lowest BCUT2D eigenvalue weighted by Gasteiger charge is -2.12. The first-order valence-corrected chi connectivity index (χ1v) is 12.4. The highest BCUT2D eigenvalue weighted by Crippen LogP contribution is 2.26. The third-order valence-corrected chi connectivity index (χ3v) is 6.50. The molecule has 2 aromatic carbocycles. The Bertz CT molecular complexity index is 1320. The highest BCUT2D eigenvalue weighted by atomic mass is 32.2. The van der Waals surface area contributed by atoms with Gasteiger partial charge in [0.05, 0.1) is 23.5 Å². The Morgan fingerprint density at radius 3 is 2.46 bits per heavy atom. The summed E-state index contributed by atoms with van der Waals surface area (Å²) in [5.74, 6) is 0.449. The molecule has 5 rings (SSSR count). The number of carbonyl (C=O) groups excluding carboxylic acids is 2. The van der Waals surface area contributed by atoms with Crippen LogP contribution in [0.15, 0.2) is 84.3 Å². The number of rotatable bonds is 9. The number of nitrogens with zero attached hydrogens (tertiary/aromatic N) is 4. The fourth-order valence-electron chi connectivity index (χ4n) is 3.62. The minimum absolute atomic E-state index is 0.127. The van der Waals surface area contributed by atoms with Crippen LogP contribution in [0, 0.1) is 0 Å². The molecule has 1 fully saturated rings. The molecule has 2 aromatic heterocycles. The average Bonchev–Trinajstić information content (AvgIpc) is 3.62. The minimum atomic E-state index is -0.221. The van der Waals surface area contributed by atoms with Gasteiger partial charge in [-0.3, -0.25) is 19.1 Å². The molecular weight excluding hydrogens is 460 g/mol. The molecule has 0 radical (unpaired) electrons. The van der Waals surface area contributed by atoms with Gasteiger partial charge in [0.1, 0.15) is 0 Å². The first-order valence-electron chi connectivity index (χ1n) is 11.4. The van der Waals surface area contributed by atoms with E-state index in [0.29, 0.717) is 28.8 Å². The van der Waals surface area contributed by atoms with E-state index >= 15 is 0 Å². The largest absolute Gasteiger partial charge is 0.349 e. The zero-order chi connectivity index (χ0) is 24.0. The summed E-state index contributed by atoms with van der Waals surface area (Å²) < 4.78 is 2.00. The van der Waals surface area contributed by atoms with Crippen molar-refractivity contribution in [1.82, 2.24) is 25.1 Å². The molecule has 0 bridgehead atoms. The van der Waals surface area contributed by atoms with Crippen LogP contribution in [0.25, 0.3) is 11.4 Å². The van der Waals surface area contributed by atoms with Crippen molar-refractivity contribution in [2.45, 2.75) is 30.6 Å². The normalized spacial score (nSPS) is 12.8. The van der Waals surface area contributed by atoms with E-state index < -0.39 is 0 Å². The summed E-state index contributed by atoms with van der Waals surface area (Å²) in [6.07, 6.45) is 5.44. The minimum Gasteiger partial charge on any atom is -0.349 e. The van der Waals surface area contributed by atoms with Crippen molar-refractivity contribution in [3.63, 3.8) is 0 Å². The number of para-hydroxylation sites is 1. The van der Waals surface area contributed by atoms with Gasteiger partial charge in [0.2, 0.25) is 5.91 Å². The number of amides is 2. The smallest absolute Gasteiger partial charge is 0.253 e. The molecule has 2 heterocycles. The van der Waals surface area contributed by atoms with Crippen LogP contribution in [0.4, 0.5) is 5.69 Å². The van der Waals surface area contributed by atoms with Crippen LogP contribution in [-0.4, -0.2) is 43.4 Å². The summed E-state index contributed by atoms with van der Waals surface area (Å²) in [6.45, 7) is 0.569. The van der Waals surface area contributed by atoms with E-state index in [1.165, 1.54) is 11.8 Å². The summed E-state index contributed by atoms with van der Waals surface area (Å²) in [4.78, 5) is 29.4. The number of hydrogen-bond donors (Lipinski definition) is 2. The van der Waals surface area contributed by atoms with Gasteiger partial charge in [-0.25, -0.2) is 0 Å². The molecule has 1 saturated carbocycles. The van der Waals surface area contributed by atoms with Crippen LogP contribution in [0.1, 0.15) is 28.8 Å². The summed E-state index contributed by atoms with van der Waals surface area (Å²) >= 11 is 1.31. The zero-order valence-corrected chi connectivity index (χ0v) is 19.7. The standard InChI is InChI=1S/C26H24N6O2S/c33-23(29-22-9-5-4-8-21(22)25(34)28-20-10-11-20)17-35-26-31-30-24(19-12-14-27-15-13-19)32(26)16-18-6-2-1-3-7-18/h1-9,12-15,20H,10-11,16-17H2,(H,28,34)(H,29,33). The van der Waals surface area contributed by atoms with Crippen LogP contribution >= 0.6 is 11.8 Å². The fraction of sp³-hybridized carbons (Fsp3) is 0.192. The van der Waals surface area contributed by atoms with Crippen molar-refractivity contribution in [3.05, 3.63) is 90.3 Å². The Morgan fingerprint density at radius 1 is 0.943 bits per heavy atom. The lowest BCUT2D eigenvalue weighted by Crippen LogP contribution is -2.27. The Kier molecular flexibility index (Phi) is 6.85. The van der Waals surface area contributed by atoms with Crippen LogP contribution in [-0.2, 0) is 11.3 Å². The molecule has 0 atom stereocenters. The van der Waals surface area contributed by atoms with Gasteiger partial charge in [-0.05, 0) is 42.7 Å². The van der Waals surface area contributed by atoms with E-state index in [1.807, 2.05) is 47.0 Å². The molecule has 0 aliphatic heterocycles. The Hall–Kier alpha value is -3.98. The lowest BCUT2D eigenvalue weighted by molar-refractivity contribution is -0.113. The molecule has 1 aliphatic carbocycles. The van der Waals surface area contributed by atoms with Gasteiger partial charge >= 0.3 is 0 Å². The number of carbonyl (C=O) groups is 2. The van der Waals surface area contributed by atoms with Crippen LogP contribution in [0.5, 0.6) is 0 Å². The molecule has 2 amide bonds. The van der Waals surface area contributed by atoms with Crippen LogP contribution in [0.3, 0.4) is 0 Å². The molecule has 1 aliphatic rings. The average molecular weight is 485 g/mol. The van der Waals surface area contributed by atoms with Crippen molar-refractivity contribution >= 4 is 29.3 Å². The molecule has 2 N–H and O–H groups in total. The van der Waals surface area contributed by atoms with Crippen LogP contribution in [0.2, 0.25) is 0 Å². The van der Waals surface area contributed by atoms with Gasteiger partial charge < -0.3 is 10.6 Å². The highest BCUT2D eigenvalue weighted by molar-refractivity contribution is 7.99. The predicted octanol–water partition coefficient (Wildman–Crippen LogP) is 4.01. The second kappa shape index (κ2) is 10.5. The molecule has 0 unspecified atom stereocenters. The van der Waals surface area contributed by atoms with Crippen molar-refractivity contribution in [2.75, 3.05) is 11.1 Å². The van der Waals surface area contributed by atoms with Crippen LogP contribution < -0.4 is 10.6 Å². The van der Waals surface area contributed by atoms with E-state index in [-0.39, 0.29) is 23.6 Å². The molecule has 0 spiro atoms. The molecule has 4 aromatic rings. The maximum atomic E-state index is 12.8. The molecule has 0 saturated heterocycles. The highest BCUT2D eigenvalue weighted by Gasteiger charge is 2.25. The Balaban J connectivity index is 1.31. The summed E-state index contributed by atoms with van der Waals surface area (Å²) in [5.41, 5.74) is 2.96. The lowest BCUT2D eigenvalue weighted by atomic mass is 10.1. The number of thioether (sulfide) groups is 1. The summed E-state index contributed by atoms with van der Waals surface area (Å²) in [5, 5.41) is 15.2. The second-order valence-corrected chi connectivity index (χ2v) is 9.19. The molecule has 8 nitrogen and oxygen atoms in total. The van der Waals surface area contributed by atoms with E-state index in [9.17, 15) is 9.59 Å². The van der Waals surface area contributed by atoms with Gasteiger partial charge in [0, 0.05) is 24.0 Å². The monoisotopic (exact) mass is 484 g/mol. The van der Waals surface area contributed by atoms with Gasteiger partial charge in [-0.1, -0.05) is 54.2 Å². The summed E-state index contributed by atoms with van der Waals surface area (Å²) in [7, 11) is 0. The number of hydrogen-bond acceptors (Lipinski definition) is 6. The molecular formula is C26H24N6O2S. The third-order valence-electron chi connectivity index (χ3n) is 5.53. The Labute approximate surface area is 207 Å². The van der Waals surface area contributed by atoms with Gasteiger partial charge in [-0.15, -0.1) is 10.2 Å². The maximum Gasteiger partial charge on any atom is 0.253 e. The van der Waals surface area contributed by atoms with E-state index in [1.54, 1.807) is 36.7 Å². The van der Waals surface area contributed by atoms with Gasteiger partial charge in [0.25, 0.3) is 5.91 Å². The number of pyridine rings is 1.